The first-order chi connectivity index (χ1) is 8.52. The molecule has 0 aliphatic carbocycles. The monoisotopic (exact) mass is 267 g/mol. The standard InChI is InChI=1S/C13H17NO3S/c1-3-11(15)8-18-12-6-4-10(5-7-12)14-9(2)13(16)17/h4-7,9,14H,3,8H2,1-2H3,(H,16,17). The zero-order valence-corrected chi connectivity index (χ0v) is 11.3. The number of ketones is 1. The van der Waals surface area contributed by atoms with Gasteiger partial charge in [-0.3, -0.25) is 9.59 Å². The molecule has 5 heteroatoms. The average molecular weight is 267 g/mol. The summed E-state index contributed by atoms with van der Waals surface area (Å²) in [6, 6.07) is 6.77. The molecule has 4 nitrogen and oxygen atoms in total. The summed E-state index contributed by atoms with van der Waals surface area (Å²) in [6.07, 6.45) is 0.558. The first-order valence-electron chi connectivity index (χ1n) is 5.76. The molecule has 1 unspecified atom stereocenters. The van der Waals surface area contributed by atoms with Crippen LogP contribution in [0.1, 0.15) is 20.3 Å². The number of thioether (sulfide) groups is 1. The Morgan fingerprint density at radius 3 is 2.44 bits per heavy atom. The van der Waals surface area contributed by atoms with Crippen LogP contribution < -0.4 is 5.32 Å². The molecule has 0 radical (unpaired) electrons. The topological polar surface area (TPSA) is 66.4 Å². The van der Waals surface area contributed by atoms with Crippen molar-refractivity contribution in [2.24, 2.45) is 0 Å². The molecule has 0 fully saturated rings. The van der Waals surface area contributed by atoms with Crippen molar-refractivity contribution >= 4 is 29.2 Å². The van der Waals surface area contributed by atoms with Crippen molar-refractivity contribution in [1.29, 1.82) is 0 Å². The maximum Gasteiger partial charge on any atom is 0.325 e. The lowest BCUT2D eigenvalue weighted by atomic mass is 10.2. The van der Waals surface area contributed by atoms with Crippen LogP contribution in [0, 0.1) is 0 Å². The number of carboxylic acids is 1. The summed E-state index contributed by atoms with van der Waals surface area (Å²) in [5.74, 6) is -0.182. The van der Waals surface area contributed by atoms with E-state index >= 15 is 0 Å². The molecule has 1 aromatic rings. The third-order valence-electron chi connectivity index (χ3n) is 2.40. The highest BCUT2D eigenvalue weighted by atomic mass is 32.2. The fraction of sp³-hybridized carbons (Fsp3) is 0.385. The number of rotatable bonds is 7. The molecule has 18 heavy (non-hydrogen) atoms. The van der Waals surface area contributed by atoms with Gasteiger partial charge in [-0.15, -0.1) is 11.8 Å². The molecule has 0 saturated carbocycles. The molecule has 0 aliphatic heterocycles. The molecule has 98 valence electrons. The van der Waals surface area contributed by atoms with Crippen LogP contribution in [0.4, 0.5) is 5.69 Å². The maximum absolute atomic E-state index is 11.2. The van der Waals surface area contributed by atoms with Gasteiger partial charge in [0, 0.05) is 17.0 Å². The van der Waals surface area contributed by atoms with Crippen molar-refractivity contribution in [3.63, 3.8) is 0 Å². The SMILES string of the molecule is CCC(=O)CSc1ccc(NC(C)C(=O)O)cc1. The van der Waals surface area contributed by atoms with E-state index in [1.54, 1.807) is 6.92 Å². The Balaban J connectivity index is 2.52. The number of carbonyl (C=O) groups is 2. The number of carbonyl (C=O) groups excluding carboxylic acids is 1. The minimum Gasteiger partial charge on any atom is -0.480 e. The van der Waals surface area contributed by atoms with Crippen LogP contribution in [0.3, 0.4) is 0 Å². The van der Waals surface area contributed by atoms with Crippen molar-refractivity contribution in [2.45, 2.75) is 31.2 Å². The van der Waals surface area contributed by atoms with Gasteiger partial charge in [0.05, 0.1) is 5.75 Å². The average Bonchev–Trinajstić information content (AvgIpc) is 2.37. The van der Waals surface area contributed by atoms with Gasteiger partial charge in [-0.25, -0.2) is 0 Å². The van der Waals surface area contributed by atoms with Gasteiger partial charge in [0.2, 0.25) is 0 Å². The first-order valence-corrected chi connectivity index (χ1v) is 6.75. The highest BCUT2D eigenvalue weighted by molar-refractivity contribution is 8.00. The molecule has 0 spiro atoms. The smallest absolute Gasteiger partial charge is 0.325 e. The second-order valence-corrected chi connectivity index (χ2v) is 4.96. The Kier molecular flexibility index (Phi) is 5.71. The van der Waals surface area contributed by atoms with Crippen LogP contribution >= 0.6 is 11.8 Å². The normalized spacial score (nSPS) is 11.9. The molecule has 1 rings (SSSR count). The van der Waals surface area contributed by atoms with Crippen molar-refractivity contribution in [1.82, 2.24) is 0 Å². The molecule has 0 heterocycles. The van der Waals surface area contributed by atoms with E-state index in [2.05, 4.69) is 5.32 Å². The Labute approximate surface area is 111 Å². The van der Waals surface area contributed by atoms with Gasteiger partial charge < -0.3 is 10.4 Å². The number of hydrogen-bond acceptors (Lipinski definition) is 4. The largest absolute Gasteiger partial charge is 0.480 e. The fourth-order valence-electron chi connectivity index (χ4n) is 1.23. The Bertz CT molecular complexity index is 417. The molecule has 0 aromatic heterocycles. The molecule has 0 aliphatic rings. The zero-order valence-electron chi connectivity index (χ0n) is 10.5. The number of benzene rings is 1. The van der Waals surface area contributed by atoms with E-state index in [0.29, 0.717) is 12.2 Å². The highest BCUT2D eigenvalue weighted by Gasteiger charge is 2.09. The van der Waals surface area contributed by atoms with Crippen LogP contribution in [0.2, 0.25) is 0 Å². The van der Waals surface area contributed by atoms with Crippen LogP contribution in [-0.2, 0) is 9.59 Å². The number of anilines is 1. The molecule has 1 atom stereocenters. The predicted molar refractivity (Wildman–Crippen MR) is 73.2 cm³/mol. The lowest BCUT2D eigenvalue weighted by Crippen LogP contribution is -2.25. The van der Waals surface area contributed by atoms with E-state index in [1.165, 1.54) is 11.8 Å². The van der Waals surface area contributed by atoms with Crippen LogP contribution in [0.15, 0.2) is 29.2 Å². The van der Waals surface area contributed by atoms with E-state index < -0.39 is 12.0 Å². The van der Waals surface area contributed by atoms with Crippen molar-refractivity contribution in [2.75, 3.05) is 11.1 Å². The molecule has 1 aromatic carbocycles. The van der Waals surface area contributed by atoms with E-state index in [-0.39, 0.29) is 5.78 Å². The summed E-state index contributed by atoms with van der Waals surface area (Å²) in [4.78, 5) is 22.9. The number of Topliss-reactive ketones (excluding diaryl/α,β-unsaturated/α-hetero) is 1. The second-order valence-electron chi connectivity index (χ2n) is 3.91. The Hall–Kier alpha value is -1.49. The van der Waals surface area contributed by atoms with Gasteiger partial charge >= 0.3 is 5.97 Å². The summed E-state index contributed by atoms with van der Waals surface area (Å²) >= 11 is 1.49. The van der Waals surface area contributed by atoms with Crippen molar-refractivity contribution in [3.8, 4) is 0 Å². The predicted octanol–water partition coefficient (Wildman–Crippen LogP) is 2.64. The van der Waals surface area contributed by atoms with Crippen molar-refractivity contribution in [3.05, 3.63) is 24.3 Å². The van der Waals surface area contributed by atoms with Gasteiger partial charge in [0.1, 0.15) is 11.8 Å². The molecular formula is C13H17NO3S. The van der Waals surface area contributed by atoms with Crippen molar-refractivity contribution < 1.29 is 14.7 Å². The van der Waals surface area contributed by atoms with Gasteiger partial charge in [-0.05, 0) is 31.2 Å². The van der Waals surface area contributed by atoms with E-state index in [0.717, 1.165) is 10.6 Å². The number of nitrogens with one attached hydrogen (secondary N) is 1. The van der Waals surface area contributed by atoms with Gasteiger partial charge in [-0.2, -0.15) is 0 Å². The van der Waals surface area contributed by atoms with E-state index in [9.17, 15) is 9.59 Å². The molecule has 0 bridgehead atoms. The lowest BCUT2D eigenvalue weighted by molar-refractivity contribution is -0.137. The number of carboxylic acid groups (broad SMARTS) is 1. The first kappa shape index (κ1) is 14.6. The number of hydrogen-bond donors (Lipinski definition) is 2. The summed E-state index contributed by atoms with van der Waals surface area (Å²) < 4.78 is 0. The Morgan fingerprint density at radius 2 is 1.94 bits per heavy atom. The van der Waals surface area contributed by atoms with E-state index in [1.807, 2.05) is 31.2 Å². The maximum atomic E-state index is 11.2. The third-order valence-corrected chi connectivity index (χ3v) is 3.47. The molecular weight excluding hydrogens is 250 g/mol. The third kappa shape index (κ3) is 4.79. The summed E-state index contributed by atoms with van der Waals surface area (Å²) in [5, 5.41) is 11.6. The zero-order chi connectivity index (χ0) is 13.5. The van der Waals surface area contributed by atoms with Crippen LogP contribution in [0.5, 0.6) is 0 Å². The van der Waals surface area contributed by atoms with E-state index in [4.69, 9.17) is 5.11 Å². The van der Waals surface area contributed by atoms with Gasteiger partial charge in [0.25, 0.3) is 0 Å². The Morgan fingerprint density at radius 1 is 1.33 bits per heavy atom. The lowest BCUT2D eigenvalue weighted by Gasteiger charge is -2.10. The van der Waals surface area contributed by atoms with Crippen LogP contribution in [0.25, 0.3) is 0 Å². The minimum atomic E-state index is -0.887. The quantitative estimate of drug-likeness (QED) is 0.743. The van der Waals surface area contributed by atoms with Crippen LogP contribution in [-0.4, -0.2) is 28.7 Å². The van der Waals surface area contributed by atoms with Gasteiger partial charge in [0.15, 0.2) is 0 Å². The summed E-state index contributed by atoms with van der Waals surface area (Å²) in [6.45, 7) is 3.44. The fourth-order valence-corrected chi connectivity index (χ4v) is 2.09. The number of aliphatic carboxylic acids is 1. The minimum absolute atomic E-state index is 0.224. The highest BCUT2D eigenvalue weighted by Crippen LogP contribution is 2.21. The molecule has 2 N–H and O–H groups in total. The summed E-state index contributed by atoms with van der Waals surface area (Å²) in [5.41, 5.74) is 0.760. The molecule has 0 saturated heterocycles. The summed E-state index contributed by atoms with van der Waals surface area (Å²) in [7, 11) is 0. The molecule has 0 amide bonds. The van der Waals surface area contributed by atoms with Gasteiger partial charge in [-0.1, -0.05) is 6.92 Å². The second kappa shape index (κ2) is 7.06.